The van der Waals surface area contributed by atoms with Crippen LogP contribution in [0.1, 0.15) is 27.2 Å². The number of hydrogen-bond acceptors (Lipinski definition) is 1. The van der Waals surface area contributed by atoms with Crippen LogP contribution in [0.15, 0.2) is 0 Å². The minimum absolute atomic E-state index is 0.0124. The fourth-order valence-electron chi connectivity index (χ4n) is 1.34. The second kappa shape index (κ2) is 6.10. The van der Waals surface area contributed by atoms with E-state index in [4.69, 9.17) is 27.9 Å². The van der Waals surface area contributed by atoms with Crippen molar-refractivity contribution in [1.82, 2.24) is 0 Å². The van der Waals surface area contributed by atoms with Crippen molar-refractivity contribution >= 4 is 23.2 Å². The molecule has 1 atom stereocenters. The lowest BCUT2D eigenvalue weighted by Crippen LogP contribution is -2.35. The minimum Gasteiger partial charge on any atom is -0.382 e. The summed E-state index contributed by atoms with van der Waals surface area (Å²) in [5.41, 5.74) is 0.0124. The average molecular weight is 227 g/mol. The first kappa shape index (κ1) is 13.5. The molecule has 0 rings (SSSR count). The topological polar surface area (TPSA) is 9.23 Å². The molecule has 0 aliphatic heterocycles. The first-order chi connectivity index (χ1) is 6.02. The van der Waals surface area contributed by atoms with Gasteiger partial charge in [0.1, 0.15) is 0 Å². The van der Waals surface area contributed by atoms with Crippen LogP contribution in [0.4, 0.5) is 0 Å². The Hall–Kier alpha value is 0.540. The van der Waals surface area contributed by atoms with E-state index < -0.39 is 0 Å². The molecule has 0 N–H and O–H groups in total. The molecule has 0 radical (unpaired) electrons. The van der Waals surface area contributed by atoms with Gasteiger partial charge in [-0.05, 0) is 19.3 Å². The van der Waals surface area contributed by atoms with Crippen LogP contribution in [-0.4, -0.2) is 25.0 Å². The van der Waals surface area contributed by atoms with Crippen LogP contribution < -0.4 is 0 Å². The van der Waals surface area contributed by atoms with Crippen LogP contribution >= 0.6 is 23.2 Å². The Kier molecular flexibility index (Phi) is 6.36. The average Bonchev–Trinajstić information content (AvgIpc) is 2.13. The van der Waals surface area contributed by atoms with Gasteiger partial charge in [0, 0.05) is 24.3 Å². The highest BCUT2D eigenvalue weighted by Crippen LogP contribution is 2.36. The Balaban J connectivity index is 4.38. The van der Waals surface area contributed by atoms with E-state index in [1.54, 1.807) is 7.11 Å². The molecule has 80 valence electrons. The quantitative estimate of drug-likeness (QED) is 0.631. The third-order valence-electron chi connectivity index (χ3n) is 2.85. The van der Waals surface area contributed by atoms with Crippen molar-refractivity contribution in [3.05, 3.63) is 0 Å². The number of rotatable bonds is 6. The molecule has 0 heterocycles. The van der Waals surface area contributed by atoms with Crippen molar-refractivity contribution in [2.75, 3.05) is 18.9 Å². The molecule has 0 aliphatic rings. The summed E-state index contributed by atoms with van der Waals surface area (Å²) in [6.07, 6.45) is 1.15. The molecule has 0 amide bonds. The number of halogens is 2. The molecule has 0 aromatic rings. The summed E-state index contributed by atoms with van der Waals surface area (Å²) in [7, 11) is 1.72. The third-order valence-corrected chi connectivity index (χ3v) is 3.92. The summed E-state index contributed by atoms with van der Waals surface area (Å²) >= 11 is 12.0. The monoisotopic (exact) mass is 226 g/mol. The highest BCUT2D eigenvalue weighted by atomic mass is 35.5. The van der Waals surface area contributed by atoms with Crippen LogP contribution in [0.25, 0.3) is 0 Å². The summed E-state index contributed by atoms with van der Waals surface area (Å²) < 4.78 is 5.24. The molecule has 1 nitrogen and oxygen atoms in total. The fourth-order valence-corrected chi connectivity index (χ4v) is 2.47. The molecule has 13 heavy (non-hydrogen) atoms. The molecule has 0 spiro atoms. The summed E-state index contributed by atoms with van der Waals surface area (Å²) in [6, 6.07) is 0. The maximum absolute atomic E-state index is 5.98. The van der Waals surface area contributed by atoms with Gasteiger partial charge in [-0.25, -0.2) is 0 Å². The van der Waals surface area contributed by atoms with Crippen molar-refractivity contribution in [1.29, 1.82) is 0 Å². The Morgan fingerprint density at radius 2 is 1.62 bits per heavy atom. The third kappa shape index (κ3) is 3.65. The zero-order valence-corrected chi connectivity index (χ0v) is 10.5. The van der Waals surface area contributed by atoms with E-state index in [1.165, 1.54) is 0 Å². The van der Waals surface area contributed by atoms with Gasteiger partial charge in [-0.1, -0.05) is 13.8 Å². The van der Waals surface area contributed by atoms with E-state index in [-0.39, 0.29) is 11.5 Å². The molecule has 1 unspecified atom stereocenters. The van der Waals surface area contributed by atoms with E-state index in [1.807, 2.05) is 0 Å². The van der Waals surface area contributed by atoms with Crippen molar-refractivity contribution in [2.45, 2.75) is 33.3 Å². The molecule has 0 saturated heterocycles. The van der Waals surface area contributed by atoms with Crippen LogP contribution in [-0.2, 0) is 4.74 Å². The minimum atomic E-state index is 0.0124. The lowest BCUT2D eigenvalue weighted by atomic mass is 9.76. The highest BCUT2D eigenvalue weighted by Gasteiger charge is 2.33. The van der Waals surface area contributed by atoms with Crippen LogP contribution in [0.3, 0.4) is 0 Å². The molecule has 0 fully saturated rings. The lowest BCUT2D eigenvalue weighted by Gasteiger charge is -2.35. The molecule has 0 aromatic carbocycles. The SMILES string of the molecule is COC(C)CC(CCl)(CCl)C(C)C. The first-order valence-corrected chi connectivity index (χ1v) is 5.74. The first-order valence-electron chi connectivity index (χ1n) is 4.67. The molecular formula is C10H20Cl2O. The van der Waals surface area contributed by atoms with Gasteiger partial charge in [0.25, 0.3) is 0 Å². The maximum atomic E-state index is 5.98. The van der Waals surface area contributed by atoms with E-state index in [0.717, 1.165) is 6.42 Å². The van der Waals surface area contributed by atoms with Crippen LogP contribution in [0, 0.1) is 11.3 Å². The fraction of sp³-hybridized carbons (Fsp3) is 1.00. The predicted molar refractivity (Wildman–Crippen MR) is 59.8 cm³/mol. The largest absolute Gasteiger partial charge is 0.382 e. The zero-order chi connectivity index (χ0) is 10.5. The van der Waals surface area contributed by atoms with Gasteiger partial charge in [0.15, 0.2) is 0 Å². The Bertz CT molecular complexity index is 133. The number of alkyl halides is 2. The zero-order valence-electron chi connectivity index (χ0n) is 8.94. The Morgan fingerprint density at radius 1 is 1.15 bits per heavy atom. The van der Waals surface area contributed by atoms with Crippen LogP contribution in [0.2, 0.25) is 0 Å². The summed E-state index contributed by atoms with van der Waals surface area (Å²) in [5.74, 6) is 1.68. The van der Waals surface area contributed by atoms with E-state index in [2.05, 4.69) is 20.8 Å². The van der Waals surface area contributed by atoms with Gasteiger partial charge in [-0.3, -0.25) is 0 Å². The summed E-state index contributed by atoms with van der Waals surface area (Å²) in [5, 5.41) is 0. The highest BCUT2D eigenvalue weighted by molar-refractivity contribution is 6.21. The van der Waals surface area contributed by atoms with Crippen molar-refractivity contribution in [3.63, 3.8) is 0 Å². The normalized spacial score (nSPS) is 15.0. The Morgan fingerprint density at radius 3 is 1.85 bits per heavy atom. The second-order valence-electron chi connectivity index (χ2n) is 4.03. The smallest absolute Gasteiger partial charge is 0.0549 e. The standard InChI is InChI=1S/C10H20Cl2O/c1-8(2)10(6-11,7-12)5-9(3)13-4/h8-9H,5-7H2,1-4H3. The van der Waals surface area contributed by atoms with Gasteiger partial charge in [-0.2, -0.15) is 0 Å². The maximum Gasteiger partial charge on any atom is 0.0549 e. The second-order valence-corrected chi connectivity index (χ2v) is 4.57. The van der Waals surface area contributed by atoms with Crippen molar-refractivity contribution < 1.29 is 4.74 Å². The molecule has 0 aliphatic carbocycles. The van der Waals surface area contributed by atoms with Gasteiger partial charge in [-0.15, -0.1) is 23.2 Å². The van der Waals surface area contributed by atoms with Crippen LogP contribution in [0.5, 0.6) is 0 Å². The van der Waals surface area contributed by atoms with Gasteiger partial charge >= 0.3 is 0 Å². The number of ether oxygens (including phenoxy) is 1. The van der Waals surface area contributed by atoms with E-state index in [9.17, 15) is 0 Å². The van der Waals surface area contributed by atoms with E-state index >= 15 is 0 Å². The molecule has 0 bridgehead atoms. The van der Waals surface area contributed by atoms with Crippen molar-refractivity contribution in [3.8, 4) is 0 Å². The molecule has 0 saturated carbocycles. The van der Waals surface area contributed by atoms with E-state index in [0.29, 0.717) is 17.7 Å². The Labute approximate surface area is 91.7 Å². The van der Waals surface area contributed by atoms with Crippen molar-refractivity contribution in [2.24, 2.45) is 11.3 Å². The van der Waals surface area contributed by atoms with Gasteiger partial charge < -0.3 is 4.74 Å². The summed E-state index contributed by atoms with van der Waals surface area (Å²) in [6.45, 7) is 6.37. The number of hydrogen-bond donors (Lipinski definition) is 0. The number of methoxy groups -OCH3 is 1. The summed E-state index contributed by atoms with van der Waals surface area (Å²) in [4.78, 5) is 0. The molecule has 0 aromatic heterocycles. The predicted octanol–water partition coefficient (Wildman–Crippen LogP) is 3.53. The van der Waals surface area contributed by atoms with Gasteiger partial charge in [0.05, 0.1) is 6.10 Å². The molecular weight excluding hydrogens is 207 g/mol. The molecule has 3 heteroatoms. The lowest BCUT2D eigenvalue weighted by molar-refractivity contribution is 0.0619. The van der Waals surface area contributed by atoms with Gasteiger partial charge in [0.2, 0.25) is 0 Å².